The molecule has 12 heavy (non-hydrogen) atoms. The first-order valence-corrected chi connectivity index (χ1v) is 5.48. The largest absolute Gasteiger partial charge is 0.378 e. The summed E-state index contributed by atoms with van der Waals surface area (Å²) < 4.78 is 5.44. The normalized spacial score (nSPS) is 25.0. The van der Waals surface area contributed by atoms with Crippen molar-refractivity contribution in [1.82, 2.24) is 0 Å². The van der Waals surface area contributed by atoms with E-state index >= 15 is 0 Å². The summed E-state index contributed by atoms with van der Waals surface area (Å²) in [6.45, 7) is 5.58. The Morgan fingerprint density at radius 1 is 1.42 bits per heavy atom. The first kappa shape index (κ1) is 10.0. The maximum absolute atomic E-state index is 5.44. The molecule has 2 atom stereocenters. The van der Waals surface area contributed by atoms with E-state index in [1.54, 1.807) is 0 Å². The Balaban J connectivity index is 2.06. The minimum atomic E-state index is 0.617. The van der Waals surface area contributed by atoms with Gasteiger partial charge in [0.25, 0.3) is 0 Å². The van der Waals surface area contributed by atoms with E-state index in [0.29, 0.717) is 6.10 Å². The van der Waals surface area contributed by atoms with Crippen molar-refractivity contribution < 1.29 is 4.74 Å². The van der Waals surface area contributed by atoms with Crippen molar-refractivity contribution >= 4 is 0 Å². The lowest BCUT2D eigenvalue weighted by Gasteiger charge is -2.29. The van der Waals surface area contributed by atoms with Gasteiger partial charge < -0.3 is 4.74 Å². The molecule has 0 aromatic carbocycles. The Hall–Kier alpha value is -0.0400. The molecule has 0 aliphatic carbocycles. The summed E-state index contributed by atoms with van der Waals surface area (Å²) >= 11 is 0. The maximum Gasteiger partial charge on any atom is 0.0599 e. The third-order valence-electron chi connectivity index (χ3n) is 2.93. The molecule has 1 rings (SSSR count). The van der Waals surface area contributed by atoms with E-state index in [2.05, 4.69) is 13.8 Å². The molecule has 0 bridgehead atoms. The molecule has 0 radical (unpaired) electrons. The van der Waals surface area contributed by atoms with Crippen molar-refractivity contribution in [3.05, 3.63) is 0 Å². The van der Waals surface area contributed by atoms with Crippen molar-refractivity contribution in [3.63, 3.8) is 0 Å². The Labute approximate surface area is 76.5 Å². The fraction of sp³-hybridized carbons (Fsp3) is 1.00. The Bertz CT molecular complexity index is 108. The molecule has 0 amide bonds. The highest BCUT2D eigenvalue weighted by molar-refractivity contribution is 4.71. The van der Waals surface area contributed by atoms with E-state index in [1.165, 1.54) is 38.5 Å². The van der Waals surface area contributed by atoms with Crippen LogP contribution in [-0.4, -0.2) is 12.7 Å². The second kappa shape index (κ2) is 5.58. The average molecular weight is 170 g/mol. The van der Waals surface area contributed by atoms with Gasteiger partial charge in [0.15, 0.2) is 0 Å². The van der Waals surface area contributed by atoms with Crippen molar-refractivity contribution in [1.29, 1.82) is 0 Å². The molecular weight excluding hydrogens is 148 g/mol. The van der Waals surface area contributed by atoms with Gasteiger partial charge in [0.2, 0.25) is 0 Å². The quantitative estimate of drug-likeness (QED) is 0.593. The van der Waals surface area contributed by atoms with Crippen LogP contribution in [0.5, 0.6) is 0 Å². The second-order valence-corrected chi connectivity index (χ2v) is 3.93. The van der Waals surface area contributed by atoms with Gasteiger partial charge in [-0.15, -0.1) is 0 Å². The topological polar surface area (TPSA) is 9.23 Å². The first-order chi connectivity index (χ1) is 5.86. The van der Waals surface area contributed by atoms with Gasteiger partial charge in [-0.05, 0) is 18.8 Å². The summed E-state index contributed by atoms with van der Waals surface area (Å²) in [6, 6.07) is 0. The molecule has 1 nitrogen and oxygen atoms in total. The van der Waals surface area contributed by atoms with Gasteiger partial charge in [-0.1, -0.05) is 39.5 Å². The van der Waals surface area contributed by atoms with Crippen LogP contribution in [0.15, 0.2) is 0 Å². The van der Waals surface area contributed by atoms with Crippen LogP contribution >= 0.6 is 0 Å². The first-order valence-electron chi connectivity index (χ1n) is 5.48. The van der Waals surface area contributed by atoms with Crippen LogP contribution in [0, 0.1) is 5.92 Å². The highest BCUT2D eigenvalue weighted by atomic mass is 16.5. The van der Waals surface area contributed by atoms with Crippen LogP contribution in [0.2, 0.25) is 0 Å². The molecule has 72 valence electrons. The van der Waals surface area contributed by atoms with Gasteiger partial charge in [-0.2, -0.15) is 0 Å². The smallest absolute Gasteiger partial charge is 0.0599 e. The number of hydrogen-bond donors (Lipinski definition) is 0. The number of ether oxygens (including phenoxy) is 1. The lowest BCUT2D eigenvalue weighted by atomic mass is 9.91. The highest BCUT2D eigenvalue weighted by Crippen LogP contribution is 2.25. The van der Waals surface area contributed by atoms with E-state index in [4.69, 9.17) is 4.74 Å². The maximum atomic E-state index is 5.44. The van der Waals surface area contributed by atoms with Crippen LogP contribution in [0.25, 0.3) is 0 Å². The summed E-state index contributed by atoms with van der Waals surface area (Å²) in [5.41, 5.74) is 0. The predicted molar refractivity (Wildman–Crippen MR) is 52.3 cm³/mol. The van der Waals surface area contributed by atoms with E-state index in [9.17, 15) is 0 Å². The molecule has 0 aromatic rings. The van der Waals surface area contributed by atoms with E-state index in [-0.39, 0.29) is 0 Å². The monoisotopic (exact) mass is 170 g/mol. The molecular formula is C11H22O. The Kier molecular flexibility index (Phi) is 4.67. The molecule has 0 aromatic heterocycles. The van der Waals surface area contributed by atoms with Crippen LogP contribution in [0.1, 0.15) is 52.4 Å². The molecule has 0 saturated carbocycles. The third kappa shape index (κ3) is 3.14. The van der Waals surface area contributed by atoms with Crippen molar-refractivity contribution in [3.8, 4) is 0 Å². The van der Waals surface area contributed by atoms with Crippen LogP contribution < -0.4 is 0 Å². The van der Waals surface area contributed by atoms with Crippen LogP contribution in [-0.2, 0) is 4.74 Å². The van der Waals surface area contributed by atoms with Gasteiger partial charge >= 0.3 is 0 Å². The van der Waals surface area contributed by atoms with E-state index < -0.39 is 0 Å². The molecule has 1 aliphatic heterocycles. The van der Waals surface area contributed by atoms with Gasteiger partial charge in [-0.25, -0.2) is 0 Å². The second-order valence-electron chi connectivity index (χ2n) is 3.93. The lowest BCUT2D eigenvalue weighted by molar-refractivity contribution is -0.0636. The standard InChI is InChI=1S/C11H22O/c1-3-5-6-10(4-2)9-11-7-8-12-11/h10-11H,3-9H2,1-2H3. The molecule has 0 spiro atoms. The highest BCUT2D eigenvalue weighted by Gasteiger charge is 2.21. The minimum Gasteiger partial charge on any atom is -0.378 e. The molecule has 1 saturated heterocycles. The van der Waals surface area contributed by atoms with E-state index in [0.717, 1.165) is 12.5 Å². The van der Waals surface area contributed by atoms with Crippen molar-refractivity contribution in [2.75, 3.05) is 6.61 Å². The zero-order chi connectivity index (χ0) is 8.81. The summed E-state index contributed by atoms with van der Waals surface area (Å²) in [5.74, 6) is 0.926. The van der Waals surface area contributed by atoms with Crippen LogP contribution in [0.3, 0.4) is 0 Å². The van der Waals surface area contributed by atoms with E-state index in [1.807, 2.05) is 0 Å². The summed E-state index contributed by atoms with van der Waals surface area (Å²) in [4.78, 5) is 0. The molecule has 2 unspecified atom stereocenters. The molecule has 1 fully saturated rings. The fourth-order valence-electron chi connectivity index (χ4n) is 1.82. The average Bonchev–Trinajstić information content (AvgIpc) is 2.02. The van der Waals surface area contributed by atoms with Crippen molar-refractivity contribution in [2.45, 2.75) is 58.5 Å². The minimum absolute atomic E-state index is 0.617. The lowest BCUT2D eigenvalue weighted by Crippen LogP contribution is -2.28. The third-order valence-corrected chi connectivity index (χ3v) is 2.93. The Morgan fingerprint density at radius 3 is 2.58 bits per heavy atom. The number of hydrogen-bond acceptors (Lipinski definition) is 1. The predicted octanol–water partition coefficient (Wildman–Crippen LogP) is 3.38. The number of rotatable bonds is 6. The zero-order valence-electron chi connectivity index (χ0n) is 8.51. The summed E-state index contributed by atoms with van der Waals surface area (Å²) in [5, 5.41) is 0. The van der Waals surface area contributed by atoms with Crippen molar-refractivity contribution in [2.24, 2.45) is 5.92 Å². The molecule has 0 N–H and O–H groups in total. The number of unbranched alkanes of at least 4 members (excludes halogenated alkanes) is 1. The fourth-order valence-corrected chi connectivity index (χ4v) is 1.82. The van der Waals surface area contributed by atoms with Gasteiger partial charge in [0, 0.05) is 6.61 Å². The Morgan fingerprint density at radius 2 is 2.17 bits per heavy atom. The van der Waals surface area contributed by atoms with Crippen LogP contribution in [0.4, 0.5) is 0 Å². The SMILES string of the molecule is CCCCC(CC)CC1CCO1. The summed E-state index contributed by atoms with van der Waals surface area (Å²) in [7, 11) is 0. The molecule has 1 heteroatoms. The van der Waals surface area contributed by atoms with Gasteiger partial charge in [0.05, 0.1) is 6.10 Å². The summed E-state index contributed by atoms with van der Waals surface area (Å²) in [6.07, 6.45) is 8.71. The molecule has 1 aliphatic rings. The zero-order valence-corrected chi connectivity index (χ0v) is 8.51. The molecule has 1 heterocycles. The van der Waals surface area contributed by atoms with Gasteiger partial charge in [0.1, 0.15) is 0 Å². The van der Waals surface area contributed by atoms with Gasteiger partial charge in [-0.3, -0.25) is 0 Å².